The first-order chi connectivity index (χ1) is 6.11. The van der Waals surface area contributed by atoms with Crippen LogP contribution in [-0.2, 0) is 9.59 Å². The minimum atomic E-state index is -0.0550. The first-order valence-corrected chi connectivity index (χ1v) is 5.14. The summed E-state index contributed by atoms with van der Waals surface area (Å²) in [5, 5.41) is 0. The molecule has 0 saturated heterocycles. The monoisotopic (exact) mass is 182 g/mol. The highest BCUT2D eigenvalue weighted by atomic mass is 16.1. The Bertz CT molecular complexity index is 202. The molecule has 1 rings (SSSR count). The topological polar surface area (TPSA) is 34.1 Å². The summed E-state index contributed by atoms with van der Waals surface area (Å²) in [5.41, 5.74) is 0. The lowest BCUT2D eigenvalue weighted by Crippen LogP contribution is -2.21. The summed E-state index contributed by atoms with van der Waals surface area (Å²) < 4.78 is 0. The van der Waals surface area contributed by atoms with Gasteiger partial charge < -0.3 is 4.79 Å². The zero-order valence-corrected chi connectivity index (χ0v) is 8.51. The lowest BCUT2D eigenvalue weighted by Gasteiger charge is -2.13. The van der Waals surface area contributed by atoms with Crippen molar-refractivity contribution in [1.82, 2.24) is 0 Å². The van der Waals surface area contributed by atoms with Crippen molar-refractivity contribution < 1.29 is 9.59 Å². The van der Waals surface area contributed by atoms with Gasteiger partial charge >= 0.3 is 0 Å². The van der Waals surface area contributed by atoms with E-state index in [2.05, 4.69) is 0 Å². The largest absolute Gasteiger partial charge is 0.300 e. The Morgan fingerprint density at radius 1 is 1.31 bits per heavy atom. The molecule has 13 heavy (non-hydrogen) atoms. The predicted molar refractivity (Wildman–Crippen MR) is 51.4 cm³/mol. The summed E-state index contributed by atoms with van der Waals surface area (Å²) >= 11 is 0. The number of carbonyl (C=O) groups is 2. The standard InChI is InChI=1S/C11H18O2/c1-8(7-9(2)12)11(13)10-5-3-4-6-10/h8,10H,3-7H2,1-2H3. The van der Waals surface area contributed by atoms with Gasteiger partial charge in [0.1, 0.15) is 11.6 Å². The molecule has 0 aromatic rings. The summed E-state index contributed by atoms with van der Waals surface area (Å²) in [4.78, 5) is 22.5. The number of Topliss-reactive ketones (excluding diaryl/α,β-unsaturated/α-hetero) is 2. The molecule has 1 unspecified atom stereocenters. The summed E-state index contributed by atoms with van der Waals surface area (Å²) in [6.07, 6.45) is 4.88. The van der Waals surface area contributed by atoms with Crippen LogP contribution in [0, 0.1) is 11.8 Å². The lowest BCUT2D eigenvalue weighted by molar-refractivity contribution is -0.129. The molecule has 0 amide bonds. The molecule has 1 saturated carbocycles. The molecule has 1 aliphatic rings. The second-order valence-corrected chi connectivity index (χ2v) is 4.19. The van der Waals surface area contributed by atoms with E-state index < -0.39 is 0 Å². The van der Waals surface area contributed by atoms with Crippen LogP contribution in [0.15, 0.2) is 0 Å². The fourth-order valence-corrected chi connectivity index (χ4v) is 2.14. The lowest BCUT2D eigenvalue weighted by atomic mass is 9.90. The van der Waals surface area contributed by atoms with Crippen molar-refractivity contribution in [2.45, 2.75) is 46.0 Å². The van der Waals surface area contributed by atoms with Gasteiger partial charge in [-0.2, -0.15) is 0 Å². The van der Waals surface area contributed by atoms with E-state index in [9.17, 15) is 9.59 Å². The van der Waals surface area contributed by atoms with E-state index in [1.165, 1.54) is 12.8 Å². The minimum Gasteiger partial charge on any atom is -0.300 e. The van der Waals surface area contributed by atoms with E-state index in [-0.39, 0.29) is 17.6 Å². The SMILES string of the molecule is CC(=O)CC(C)C(=O)C1CCCC1. The van der Waals surface area contributed by atoms with E-state index in [0.29, 0.717) is 12.2 Å². The van der Waals surface area contributed by atoms with E-state index in [1.54, 1.807) is 6.92 Å². The molecule has 0 N–H and O–H groups in total. The molecule has 0 aliphatic heterocycles. The van der Waals surface area contributed by atoms with Crippen molar-refractivity contribution in [3.63, 3.8) is 0 Å². The van der Waals surface area contributed by atoms with Crippen LogP contribution in [0.1, 0.15) is 46.0 Å². The van der Waals surface area contributed by atoms with Crippen molar-refractivity contribution in [2.75, 3.05) is 0 Å². The molecule has 0 aromatic heterocycles. The summed E-state index contributed by atoms with van der Waals surface area (Å²) in [7, 11) is 0. The quantitative estimate of drug-likeness (QED) is 0.668. The van der Waals surface area contributed by atoms with Crippen LogP contribution in [0.2, 0.25) is 0 Å². The van der Waals surface area contributed by atoms with Crippen LogP contribution in [0.5, 0.6) is 0 Å². The Morgan fingerprint density at radius 2 is 1.85 bits per heavy atom. The highest BCUT2D eigenvalue weighted by molar-refractivity contribution is 5.88. The summed E-state index contributed by atoms with van der Waals surface area (Å²) in [5.74, 6) is 0.640. The van der Waals surface area contributed by atoms with Gasteiger partial charge in [0, 0.05) is 18.3 Å². The van der Waals surface area contributed by atoms with Crippen LogP contribution in [0.4, 0.5) is 0 Å². The van der Waals surface area contributed by atoms with Crippen LogP contribution in [-0.4, -0.2) is 11.6 Å². The molecule has 0 spiro atoms. The van der Waals surface area contributed by atoms with Gasteiger partial charge in [-0.3, -0.25) is 4.79 Å². The van der Waals surface area contributed by atoms with Crippen LogP contribution in [0.25, 0.3) is 0 Å². The molecule has 0 heterocycles. The maximum atomic E-state index is 11.7. The van der Waals surface area contributed by atoms with Crippen molar-refractivity contribution in [3.05, 3.63) is 0 Å². The molecule has 0 radical (unpaired) electrons. The smallest absolute Gasteiger partial charge is 0.139 e. The van der Waals surface area contributed by atoms with Crippen molar-refractivity contribution in [2.24, 2.45) is 11.8 Å². The maximum absolute atomic E-state index is 11.7. The molecule has 74 valence electrons. The van der Waals surface area contributed by atoms with Gasteiger partial charge in [0.25, 0.3) is 0 Å². The number of ketones is 2. The predicted octanol–water partition coefficient (Wildman–Crippen LogP) is 2.36. The van der Waals surface area contributed by atoms with E-state index in [1.807, 2.05) is 6.92 Å². The van der Waals surface area contributed by atoms with E-state index >= 15 is 0 Å². The highest BCUT2D eigenvalue weighted by Gasteiger charge is 2.26. The third-order valence-electron chi connectivity index (χ3n) is 2.84. The number of hydrogen-bond acceptors (Lipinski definition) is 2. The van der Waals surface area contributed by atoms with Gasteiger partial charge in [-0.15, -0.1) is 0 Å². The molecule has 2 heteroatoms. The second kappa shape index (κ2) is 4.54. The fourth-order valence-electron chi connectivity index (χ4n) is 2.14. The van der Waals surface area contributed by atoms with E-state index in [0.717, 1.165) is 12.8 Å². The molecular formula is C11H18O2. The van der Waals surface area contributed by atoms with E-state index in [4.69, 9.17) is 0 Å². The Kier molecular flexibility index (Phi) is 3.64. The van der Waals surface area contributed by atoms with Crippen molar-refractivity contribution in [3.8, 4) is 0 Å². The average molecular weight is 182 g/mol. The third kappa shape index (κ3) is 2.94. The van der Waals surface area contributed by atoms with Gasteiger partial charge in [-0.1, -0.05) is 19.8 Å². The highest BCUT2D eigenvalue weighted by Crippen LogP contribution is 2.28. The Balaban J connectivity index is 2.41. The summed E-state index contributed by atoms with van der Waals surface area (Å²) in [6.45, 7) is 3.43. The van der Waals surface area contributed by atoms with Crippen LogP contribution in [0.3, 0.4) is 0 Å². The molecule has 1 aliphatic carbocycles. The van der Waals surface area contributed by atoms with Gasteiger partial charge in [0.05, 0.1) is 0 Å². The number of carbonyl (C=O) groups excluding carboxylic acids is 2. The molecule has 1 atom stereocenters. The van der Waals surface area contributed by atoms with Crippen molar-refractivity contribution >= 4 is 11.6 Å². The third-order valence-corrected chi connectivity index (χ3v) is 2.84. The van der Waals surface area contributed by atoms with Crippen molar-refractivity contribution in [1.29, 1.82) is 0 Å². The zero-order chi connectivity index (χ0) is 9.84. The van der Waals surface area contributed by atoms with Crippen LogP contribution >= 0.6 is 0 Å². The fraction of sp³-hybridized carbons (Fsp3) is 0.818. The molecule has 0 aromatic carbocycles. The molecule has 1 fully saturated rings. The first-order valence-electron chi connectivity index (χ1n) is 5.14. The Morgan fingerprint density at radius 3 is 2.31 bits per heavy atom. The normalized spacial score (nSPS) is 20.2. The first kappa shape index (κ1) is 10.4. The van der Waals surface area contributed by atoms with Gasteiger partial charge in [-0.25, -0.2) is 0 Å². The summed E-state index contributed by atoms with van der Waals surface area (Å²) in [6, 6.07) is 0. The average Bonchev–Trinajstić information content (AvgIpc) is 2.53. The van der Waals surface area contributed by atoms with Gasteiger partial charge in [-0.05, 0) is 19.8 Å². The number of rotatable bonds is 4. The zero-order valence-electron chi connectivity index (χ0n) is 8.51. The van der Waals surface area contributed by atoms with Gasteiger partial charge in [0.15, 0.2) is 0 Å². The van der Waals surface area contributed by atoms with Crippen LogP contribution < -0.4 is 0 Å². The maximum Gasteiger partial charge on any atom is 0.139 e. The Labute approximate surface area is 79.7 Å². The Hall–Kier alpha value is -0.660. The minimum absolute atomic E-state index is 0.0550. The molecule has 2 nitrogen and oxygen atoms in total. The second-order valence-electron chi connectivity index (χ2n) is 4.19. The molecule has 0 bridgehead atoms. The van der Waals surface area contributed by atoms with Gasteiger partial charge in [0.2, 0.25) is 0 Å². The number of hydrogen-bond donors (Lipinski definition) is 0. The molecular weight excluding hydrogens is 164 g/mol.